The minimum Gasteiger partial charge on any atom is -0.388 e. The average Bonchev–Trinajstić information content (AvgIpc) is 2.34. The van der Waals surface area contributed by atoms with Crippen LogP contribution in [0.25, 0.3) is 0 Å². The molecule has 1 aliphatic rings. The Balaban J connectivity index is 1.93. The molecule has 1 saturated heterocycles. The van der Waals surface area contributed by atoms with Crippen LogP contribution in [0.2, 0.25) is 0 Å². The third-order valence-electron chi connectivity index (χ3n) is 4.01. The van der Waals surface area contributed by atoms with Gasteiger partial charge in [0.1, 0.15) is 0 Å². The molecule has 0 bridgehead atoms. The van der Waals surface area contributed by atoms with Gasteiger partial charge in [-0.25, -0.2) is 0 Å². The molecule has 2 rings (SSSR count). The van der Waals surface area contributed by atoms with Crippen LogP contribution in [-0.4, -0.2) is 42.4 Å². The SMILES string of the molecule is Cc1ccc(CN(C)CC2(O)CCOCC2)cc1C. The maximum atomic E-state index is 10.5. The average molecular weight is 263 g/mol. The van der Waals surface area contributed by atoms with Crippen molar-refractivity contribution in [3.05, 3.63) is 34.9 Å². The fourth-order valence-electron chi connectivity index (χ4n) is 2.68. The summed E-state index contributed by atoms with van der Waals surface area (Å²) < 4.78 is 5.32. The van der Waals surface area contributed by atoms with E-state index in [9.17, 15) is 5.11 Å². The summed E-state index contributed by atoms with van der Waals surface area (Å²) in [6.07, 6.45) is 1.48. The standard InChI is InChI=1S/C16H25NO2/c1-13-4-5-15(10-14(13)2)11-17(3)12-16(18)6-8-19-9-7-16/h4-5,10,18H,6-9,11-12H2,1-3H3. The summed E-state index contributed by atoms with van der Waals surface area (Å²) >= 11 is 0. The Labute approximate surface area is 116 Å². The molecule has 106 valence electrons. The zero-order valence-corrected chi connectivity index (χ0v) is 12.3. The number of rotatable bonds is 4. The molecule has 0 spiro atoms. The number of hydrogen-bond acceptors (Lipinski definition) is 3. The van der Waals surface area contributed by atoms with Crippen molar-refractivity contribution in [3.63, 3.8) is 0 Å². The normalized spacial score (nSPS) is 18.8. The van der Waals surface area contributed by atoms with Crippen LogP contribution in [-0.2, 0) is 11.3 Å². The fourth-order valence-corrected chi connectivity index (χ4v) is 2.68. The van der Waals surface area contributed by atoms with Crippen molar-refractivity contribution in [2.45, 2.75) is 38.8 Å². The summed E-state index contributed by atoms with van der Waals surface area (Å²) in [6.45, 7) is 7.22. The maximum absolute atomic E-state index is 10.5. The number of likely N-dealkylation sites (N-methyl/N-ethyl adjacent to an activating group) is 1. The monoisotopic (exact) mass is 263 g/mol. The summed E-state index contributed by atoms with van der Waals surface area (Å²) in [5, 5.41) is 10.5. The Morgan fingerprint density at radius 3 is 2.53 bits per heavy atom. The Bertz CT molecular complexity index is 425. The predicted octanol–water partition coefficient (Wildman–Crippen LogP) is 2.28. The summed E-state index contributed by atoms with van der Waals surface area (Å²) in [4.78, 5) is 2.20. The number of ether oxygens (including phenoxy) is 1. The van der Waals surface area contributed by atoms with Crippen molar-refractivity contribution in [2.75, 3.05) is 26.8 Å². The predicted molar refractivity (Wildman–Crippen MR) is 77.3 cm³/mol. The summed E-state index contributed by atoms with van der Waals surface area (Å²) in [5.74, 6) is 0. The molecular weight excluding hydrogens is 238 g/mol. The van der Waals surface area contributed by atoms with E-state index in [1.165, 1.54) is 16.7 Å². The Morgan fingerprint density at radius 2 is 1.89 bits per heavy atom. The van der Waals surface area contributed by atoms with Gasteiger partial charge in [0.25, 0.3) is 0 Å². The van der Waals surface area contributed by atoms with Gasteiger partial charge in [-0.1, -0.05) is 18.2 Å². The summed E-state index contributed by atoms with van der Waals surface area (Å²) in [7, 11) is 2.07. The van der Waals surface area contributed by atoms with Gasteiger partial charge in [0, 0.05) is 39.1 Å². The fraction of sp³-hybridized carbons (Fsp3) is 0.625. The van der Waals surface area contributed by atoms with Crippen LogP contribution in [0.4, 0.5) is 0 Å². The van der Waals surface area contributed by atoms with Crippen molar-refractivity contribution in [2.24, 2.45) is 0 Å². The van der Waals surface area contributed by atoms with Crippen LogP contribution in [0, 0.1) is 13.8 Å². The Hall–Kier alpha value is -0.900. The first kappa shape index (κ1) is 14.5. The van der Waals surface area contributed by atoms with Crippen LogP contribution < -0.4 is 0 Å². The molecule has 19 heavy (non-hydrogen) atoms. The van der Waals surface area contributed by atoms with E-state index in [0.717, 1.165) is 19.4 Å². The lowest BCUT2D eigenvalue weighted by Gasteiger charge is -2.35. The largest absolute Gasteiger partial charge is 0.388 e. The third-order valence-corrected chi connectivity index (χ3v) is 4.01. The molecule has 0 aromatic heterocycles. The number of nitrogens with zero attached hydrogens (tertiary/aromatic N) is 1. The van der Waals surface area contributed by atoms with Crippen LogP contribution in [0.15, 0.2) is 18.2 Å². The van der Waals surface area contributed by atoms with Gasteiger partial charge >= 0.3 is 0 Å². The minimum atomic E-state index is -0.577. The third kappa shape index (κ3) is 4.03. The molecule has 1 fully saturated rings. The minimum absolute atomic E-state index is 0.577. The molecule has 1 aromatic rings. The maximum Gasteiger partial charge on any atom is 0.0817 e. The highest BCUT2D eigenvalue weighted by Gasteiger charge is 2.30. The zero-order chi connectivity index (χ0) is 13.9. The second-order valence-corrected chi connectivity index (χ2v) is 5.93. The summed E-state index contributed by atoms with van der Waals surface area (Å²) in [5.41, 5.74) is 3.39. The van der Waals surface area contributed by atoms with Crippen molar-refractivity contribution >= 4 is 0 Å². The highest BCUT2D eigenvalue weighted by Crippen LogP contribution is 2.22. The molecular formula is C16H25NO2. The van der Waals surface area contributed by atoms with Crippen LogP contribution in [0.5, 0.6) is 0 Å². The number of aryl methyl sites for hydroxylation is 2. The molecule has 3 heteroatoms. The Morgan fingerprint density at radius 1 is 1.21 bits per heavy atom. The van der Waals surface area contributed by atoms with E-state index in [0.29, 0.717) is 19.8 Å². The number of aliphatic hydroxyl groups is 1. The molecule has 0 aliphatic carbocycles. The van der Waals surface area contributed by atoms with Gasteiger partial charge in [-0.3, -0.25) is 4.90 Å². The molecule has 0 unspecified atom stereocenters. The highest BCUT2D eigenvalue weighted by molar-refractivity contribution is 5.29. The van der Waals surface area contributed by atoms with E-state index in [1.54, 1.807) is 0 Å². The van der Waals surface area contributed by atoms with Gasteiger partial charge in [-0.05, 0) is 37.6 Å². The molecule has 0 atom stereocenters. The van der Waals surface area contributed by atoms with Gasteiger partial charge in [-0.15, -0.1) is 0 Å². The van der Waals surface area contributed by atoms with Crippen molar-refractivity contribution in [3.8, 4) is 0 Å². The molecule has 1 aliphatic heterocycles. The van der Waals surface area contributed by atoms with Gasteiger partial charge in [0.2, 0.25) is 0 Å². The molecule has 1 N–H and O–H groups in total. The second-order valence-electron chi connectivity index (χ2n) is 5.93. The lowest BCUT2D eigenvalue weighted by Crippen LogP contribution is -2.45. The molecule has 0 saturated carbocycles. The Kier molecular flexibility index (Phi) is 4.61. The molecule has 0 amide bonds. The highest BCUT2D eigenvalue weighted by atomic mass is 16.5. The lowest BCUT2D eigenvalue weighted by molar-refractivity contribution is -0.0777. The summed E-state index contributed by atoms with van der Waals surface area (Å²) in [6, 6.07) is 6.58. The molecule has 3 nitrogen and oxygen atoms in total. The molecule has 1 heterocycles. The van der Waals surface area contributed by atoms with E-state index in [2.05, 4.69) is 44.0 Å². The van der Waals surface area contributed by atoms with Crippen molar-refractivity contribution in [1.29, 1.82) is 0 Å². The van der Waals surface area contributed by atoms with Crippen molar-refractivity contribution < 1.29 is 9.84 Å². The molecule has 1 aromatic carbocycles. The van der Waals surface area contributed by atoms with Gasteiger partial charge in [0.15, 0.2) is 0 Å². The van der Waals surface area contributed by atoms with Gasteiger partial charge in [-0.2, -0.15) is 0 Å². The van der Waals surface area contributed by atoms with E-state index in [-0.39, 0.29) is 0 Å². The smallest absolute Gasteiger partial charge is 0.0817 e. The molecule has 0 radical (unpaired) electrons. The topological polar surface area (TPSA) is 32.7 Å². The first-order valence-corrected chi connectivity index (χ1v) is 7.03. The van der Waals surface area contributed by atoms with E-state index < -0.39 is 5.60 Å². The zero-order valence-electron chi connectivity index (χ0n) is 12.3. The van der Waals surface area contributed by atoms with Crippen LogP contribution in [0.1, 0.15) is 29.5 Å². The van der Waals surface area contributed by atoms with E-state index >= 15 is 0 Å². The van der Waals surface area contributed by atoms with Crippen LogP contribution in [0.3, 0.4) is 0 Å². The van der Waals surface area contributed by atoms with E-state index in [1.807, 2.05) is 0 Å². The number of benzene rings is 1. The second kappa shape index (κ2) is 6.04. The van der Waals surface area contributed by atoms with Gasteiger partial charge < -0.3 is 9.84 Å². The first-order valence-electron chi connectivity index (χ1n) is 7.03. The van der Waals surface area contributed by atoms with Crippen LogP contribution >= 0.6 is 0 Å². The quantitative estimate of drug-likeness (QED) is 0.904. The lowest BCUT2D eigenvalue weighted by atomic mass is 9.93. The van der Waals surface area contributed by atoms with Crippen molar-refractivity contribution in [1.82, 2.24) is 4.90 Å². The van der Waals surface area contributed by atoms with E-state index in [4.69, 9.17) is 4.74 Å². The first-order chi connectivity index (χ1) is 8.98. The number of hydrogen-bond donors (Lipinski definition) is 1. The van der Waals surface area contributed by atoms with Gasteiger partial charge in [0.05, 0.1) is 5.60 Å².